The first-order valence-corrected chi connectivity index (χ1v) is 12.3. The lowest BCUT2D eigenvalue weighted by atomic mass is 9.86. The number of pyridine rings is 2. The number of anilines is 1. The summed E-state index contributed by atoms with van der Waals surface area (Å²) in [6.07, 6.45) is 9.23. The Hall–Kier alpha value is -4.18. The summed E-state index contributed by atoms with van der Waals surface area (Å²) < 4.78 is 17.3. The van der Waals surface area contributed by atoms with E-state index < -0.39 is 23.5 Å². The second-order valence-electron chi connectivity index (χ2n) is 10.2. The van der Waals surface area contributed by atoms with Gasteiger partial charge in [-0.15, -0.1) is 0 Å². The van der Waals surface area contributed by atoms with Crippen LogP contribution in [-0.2, 0) is 23.9 Å². The van der Waals surface area contributed by atoms with E-state index in [1.807, 2.05) is 20.8 Å². The Morgan fingerprint density at radius 3 is 2.45 bits per heavy atom. The van der Waals surface area contributed by atoms with Crippen LogP contribution in [0.25, 0.3) is 27.7 Å². The van der Waals surface area contributed by atoms with Crippen molar-refractivity contribution in [3.8, 4) is 16.9 Å². The molecule has 0 unspecified atom stereocenters. The summed E-state index contributed by atoms with van der Waals surface area (Å²) in [5, 5.41) is 17.0. The number of hydrogen-bond acceptors (Lipinski definition) is 6. The molecule has 5 rings (SSSR count). The largest absolute Gasteiger partial charge is 0.392 e. The van der Waals surface area contributed by atoms with Crippen molar-refractivity contribution in [3.05, 3.63) is 80.5 Å². The van der Waals surface area contributed by atoms with Crippen LogP contribution in [0.1, 0.15) is 51.2 Å². The van der Waals surface area contributed by atoms with Crippen LogP contribution >= 0.6 is 0 Å². The van der Waals surface area contributed by atoms with Gasteiger partial charge in [0, 0.05) is 36.0 Å². The lowest BCUT2D eigenvalue weighted by Gasteiger charge is -2.20. The van der Waals surface area contributed by atoms with Gasteiger partial charge < -0.3 is 15.0 Å². The van der Waals surface area contributed by atoms with E-state index in [1.54, 1.807) is 12.1 Å². The standard InChI is InChI=1S/C25H24FN5O4.C3H6/c1-25(2,3)16-7-14-10-29-31(24(35)21(14)19(26)9-16)22-18(12-32)17(5-6-27-22)15-8-20(28-13-33)23(34)30(4)11-15;1-2-3-1/h5-11,13,32H,12H2,1-4H3,(H,28,33);1-3H2. The van der Waals surface area contributed by atoms with Crippen molar-refractivity contribution < 1.29 is 14.3 Å². The highest BCUT2D eigenvalue weighted by atomic mass is 19.1. The van der Waals surface area contributed by atoms with Gasteiger partial charge in [-0.05, 0) is 40.8 Å². The summed E-state index contributed by atoms with van der Waals surface area (Å²) in [4.78, 5) is 40.7. The van der Waals surface area contributed by atoms with Crippen LogP contribution in [-0.4, -0.2) is 30.8 Å². The minimum absolute atomic E-state index is 0.0231. The minimum Gasteiger partial charge on any atom is -0.392 e. The SMILES string of the molecule is C1CC1.Cn1cc(-c2ccnc(-n3ncc4cc(C(C)(C)C)cc(F)c4c3=O)c2CO)cc(NC=O)c1=O. The van der Waals surface area contributed by atoms with E-state index in [0.29, 0.717) is 22.9 Å². The Morgan fingerprint density at radius 1 is 1.13 bits per heavy atom. The molecule has 0 saturated heterocycles. The van der Waals surface area contributed by atoms with Crippen molar-refractivity contribution in [2.24, 2.45) is 7.05 Å². The van der Waals surface area contributed by atoms with Gasteiger partial charge >= 0.3 is 0 Å². The number of nitrogens with zero attached hydrogens (tertiary/aromatic N) is 4. The zero-order valence-electron chi connectivity index (χ0n) is 21.8. The van der Waals surface area contributed by atoms with Crippen molar-refractivity contribution in [3.63, 3.8) is 0 Å². The third-order valence-electron chi connectivity index (χ3n) is 6.16. The van der Waals surface area contributed by atoms with Gasteiger partial charge in [-0.2, -0.15) is 9.78 Å². The fraction of sp³-hybridized carbons (Fsp3) is 0.321. The van der Waals surface area contributed by atoms with E-state index in [4.69, 9.17) is 0 Å². The molecule has 0 radical (unpaired) electrons. The average molecular weight is 520 g/mol. The maximum absolute atomic E-state index is 15.1. The summed E-state index contributed by atoms with van der Waals surface area (Å²) in [5.41, 5.74) is 0.494. The molecular formula is C28H30FN5O4. The van der Waals surface area contributed by atoms with Crippen LogP contribution in [0.4, 0.5) is 10.1 Å². The molecule has 0 aliphatic heterocycles. The van der Waals surface area contributed by atoms with Crippen LogP contribution in [0.5, 0.6) is 0 Å². The summed E-state index contributed by atoms with van der Waals surface area (Å²) in [5.74, 6) is -0.645. The van der Waals surface area contributed by atoms with Gasteiger partial charge in [0.15, 0.2) is 5.82 Å². The Morgan fingerprint density at radius 2 is 1.84 bits per heavy atom. The summed E-state index contributed by atoms with van der Waals surface area (Å²) in [6.45, 7) is 5.32. The van der Waals surface area contributed by atoms with E-state index in [2.05, 4.69) is 15.4 Å². The van der Waals surface area contributed by atoms with Crippen LogP contribution in [0, 0.1) is 5.82 Å². The topological polar surface area (TPSA) is 119 Å². The summed E-state index contributed by atoms with van der Waals surface area (Å²) in [7, 11) is 1.52. The van der Waals surface area contributed by atoms with Gasteiger partial charge in [-0.3, -0.25) is 14.4 Å². The first-order chi connectivity index (χ1) is 18.1. The maximum Gasteiger partial charge on any atom is 0.283 e. The number of benzene rings is 1. The molecule has 1 aromatic carbocycles. The minimum atomic E-state index is -0.719. The second kappa shape index (κ2) is 10.7. The normalized spacial score (nSPS) is 12.6. The highest BCUT2D eigenvalue weighted by Gasteiger charge is 2.21. The van der Waals surface area contributed by atoms with E-state index in [-0.39, 0.29) is 27.9 Å². The molecule has 0 bridgehead atoms. The van der Waals surface area contributed by atoms with Crippen LogP contribution in [0.2, 0.25) is 0 Å². The predicted molar refractivity (Wildman–Crippen MR) is 144 cm³/mol. The number of aryl methyl sites for hydroxylation is 1. The molecule has 10 heteroatoms. The number of aliphatic hydroxyl groups excluding tert-OH is 1. The number of carbonyl (C=O) groups is 1. The predicted octanol–water partition coefficient (Wildman–Crippen LogP) is 3.81. The van der Waals surface area contributed by atoms with Crippen molar-refractivity contribution in [2.45, 2.75) is 52.1 Å². The molecule has 0 atom stereocenters. The van der Waals surface area contributed by atoms with Gasteiger partial charge in [0.2, 0.25) is 6.41 Å². The molecule has 1 aliphatic carbocycles. The Labute approximate surface area is 218 Å². The average Bonchev–Trinajstić information content (AvgIpc) is 3.75. The van der Waals surface area contributed by atoms with E-state index in [0.717, 1.165) is 10.2 Å². The number of fused-ring (bicyclic) bond motifs is 1. The van der Waals surface area contributed by atoms with Crippen LogP contribution in [0.3, 0.4) is 0 Å². The second-order valence-corrected chi connectivity index (χ2v) is 10.2. The molecule has 1 saturated carbocycles. The molecular weight excluding hydrogens is 489 g/mol. The van der Waals surface area contributed by atoms with Crippen molar-refractivity contribution in [2.75, 3.05) is 5.32 Å². The molecule has 3 aromatic heterocycles. The third-order valence-corrected chi connectivity index (χ3v) is 6.16. The number of amides is 1. The smallest absolute Gasteiger partial charge is 0.283 e. The Bertz CT molecular complexity index is 1630. The zero-order chi connectivity index (χ0) is 27.6. The lowest BCUT2D eigenvalue weighted by Crippen LogP contribution is -2.25. The first-order valence-electron chi connectivity index (χ1n) is 12.3. The monoisotopic (exact) mass is 519 g/mol. The fourth-order valence-electron chi connectivity index (χ4n) is 3.93. The summed E-state index contributed by atoms with van der Waals surface area (Å²) in [6, 6.07) is 6.14. The quantitative estimate of drug-likeness (QED) is 0.387. The van der Waals surface area contributed by atoms with E-state index in [1.165, 1.54) is 61.6 Å². The number of aliphatic hydroxyl groups is 1. The number of hydrogen-bond donors (Lipinski definition) is 2. The van der Waals surface area contributed by atoms with Crippen molar-refractivity contribution in [1.82, 2.24) is 19.3 Å². The fourth-order valence-corrected chi connectivity index (χ4v) is 3.93. The number of halogens is 1. The van der Waals surface area contributed by atoms with Gasteiger partial charge in [0.05, 0.1) is 18.2 Å². The van der Waals surface area contributed by atoms with Crippen LogP contribution in [0.15, 0.2) is 52.4 Å². The van der Waals surface area contributed by atoms with Gasteiger partial charge in [0.1, 0.15) is 11.5 Å². The third kappa shape index (κ3) is 5.40. The number of aromatic nitrogens is 4. The Balaban J connectivity index is 0.00000105. The van der Waals surface area contributed by atoms with Crippen LogP contribution < -0.4 is 16.4 Å². The summed E-state index contributed by atoms with van der Waals surface area (Å²) >= 11 is 0. The number of rotatable bonds is 5. The maximum atomic E-state index is 15.1. The lowest BCUT2D eigenvalue weighted by molar-refractivity contribution is -0.105. The Kier molecular flexibility index (Phi) is 7.54. The molecule has 1 fully saturated rings. The molecule has 1 amide bonds. The highest BCUT2D eigenvalue weighted by molar-refractivity contribution is 5.83. The zero-order valence-corrected chi connectivity index (χ0v) is 21.8. The molecule has 2 N–H and O–H groups in total. The molecule has 3 heterocycles. The van der Waals surface area contributed by atoms with Gasteiger partial charge in [-0.1, -0.05) is 40.0 Å². The molecule has 198 valence electrons. The number of carbonyl (C=O) groups excluding carboxylic acids is 1. The molecule has 38 heavy (non-hydrogen) atoms. The van der Waals surface area contributed by atoms with Gasteiger partial charge in [-0.25, -0.2) is 9.37 Å². The molecule has 1 aliphatic rings. The van der Waals surface area contributed by atoms with Crippen molar-refractivity contribution in [1.29, 1.82) is 0 Å². The molecule has 4 aromatic rings. The molecule has 9 nitrogen and oxygen atoms in total. The highest BCUT2D eigenvalue weighted by Crippen LogP contribution is 2.29. The first kappa shape index (κ1) is 26.9. The van der Waals surface area contributed by atoms with Crippen molar-refractivity contribution >= 4 is 22.9 Å². The van der Waals surface area contributed by atoms with E-state index in [9.17, 15) is 19.5 Å². The van der Waals surface area contributed by atoms with Gasteiger partial charge in [0.25, 0.3) is 11.1 Å². The number of nitrogens with one attached hydrogen (secondary N) is 1. The molecule has 0 spiro atoms. The van der Waals surface area contributed by atoms with E-state index >= 15 is 4.39 Å².